The van der Waals surface area contributed by atoms with E-state index in [1.807, 2.05) is 19.9 Å². The highest BCUT2D eigenvalue weighted by atomic mass is 79.9. The second-order valence-corrected chi connectivity index (χ2v) is 7.71. The maximum atomic E-state index is 12.6. The maximum Gasteiger partial charge on any atom is 0.359 e. The zero-order chi connectivity index (χ0) is 21.1. The fourth-order valence-corrected chi connectivity index (χ4v) is 3.05. The summed E-state index contributed by atoms with van der Waals surface area (Å²) < 4.78 is 7.75. The first kappa shape index (κ1) is 21.0. The van der Waals surface area contributed by atoms with E-state index in [0.29, 0.717) is 11.5 Å². The van der Waals surface area contributed by atoms with E-state index in [1.165, 1.54) is 6.92 Å². The molecule has 0 spiro atoms. The summed E-state index contributed by atoms with van der Waals surface area (Å²) in [6.45, 7) is 5.22. The van der Waals surface area contributed by atoms with Gasteiger partial charge in [-0.15, -0.1) is 0 Å². The molecule has 0 saturated carbocycles. The molecule has 3 rings (SSSR count). The van der Waals surface area contributed by atoms with Crippen molar-refractivity contribution >= 4 is 45.1 Å². The predicted octanol–water partition coefficient (Wildman–Crippen LogP) is 4.48. The first-order valence-electron chi connectivity index (χ1n) is 8.72. The number of aromatic nitrogens is 3. The molecule has 1 amide bonds. The quantitative estimate of drug-likeness (QED) is 0.547. The van der Waals surface area contributed by atoms with Gasteiger partial charge in [-0.3, -0.25) is 4.79 Å². The molecule has 0 radical (unpaired) electrons. The summed E-state index contributed by atoms with van der Waals surface area (Å²) in [6.07, 6.45) is -1.04. The molecule has 9 heteroatoms. The largest absolute Gasteiger partial charge is 0.448 e. The number of pyridine rings is 1. The standard InChI is InChI=1S/C20H18BrClN4O3/c1-11-10-12(2)26(25-11)17-9-8-16(22)18(24-17)20(28)29-13(3)19(27)23-15-6-4-14(21)5-7-15/h4-10,13H,1-3H3,(H,23,27). The number of hydrogen-bond acceptors (Lipinski definition) is 5. The summed E-state index contributed by atoms with van der Waals surface area (Å²) in [7, 11) is 0. The van der Waals surface area contributed by atoms with Crippen molar-refractivity contribution < 1.29 is 14.3 Å². The van der Waals surface area contributed by atoms with Crippen LogP contribution < -0.4 is 5.32 Å². The van der Waals surface area contributed by atoms with E-state index in [-0.39, 0.29) is 10.7 Å². The molecule has 2 aromatic heterocycles. The van der Waals surface area contributed by atoms with Crippen LogP contribution in [-0.2, 0) is 9.53 Å². The molecule has 3 aromatic rings. The minimum absolute atomic E-state index is 0.0833. The molecule has 0 saturated heterocycles. The third-order valence-electron chi connectivity index (χ3n) is 4.02. The third-order valence-corrected chi connectivity index (χ3v) is 4.85. The minimum Gasteiger partial charge on any atom is -0.448 e. The lowest BCUT2D eigenvalue weighted by Crippen LogP contribution is -2.30. The van der Waals surface area contributed by atoms with Gasteiger partial charge in [-0.05, 0) is 63.2 Å². The molecule has 1 aromatic carbocycles. The molecule has 2 heterocycles. The van der Waals surface area contributed by atoms with Gasteiger partial charge in [-0.25, -0.2) is 14.5 Å². The van der Waals surface area contributed by atoms with Gasteiger partial charge in [0.25, 0.3) is 5.91 Å². The lowest BCUT2D eigenvalue weighted by atomic mass is 10.3. The number of ether oxygens (including phenoxy) is 1. The van der Waals surface area contributed by atoms with Crippen molar-refractivity contribution in [2.45, 2.75) is 26.9 Å². The molecule has 0 aliphatic rings. The Labute approximate surface area is 181 Å². The average molecular weight is 478 g/mol. The topological polar surface area (TPSA) is 86.1 Å². The third kappa shape index (κ3) is 5.02. The van der Waals surface area contributed by atoms with Crippen LogP contribution in [0.1, 0.15) is 28.8 Å². The molecule has 0 aliphatic carbocycles. The van der Waals surface area contributed by atoms with Crippen molar-refractivity contribution in [2.75, 3.05) is 5.32 Å². The summed E-state index contributed by atoms with van der Waals surface area (Å²) >= 11 is 9.46. The Morgan fingerprint density at radius 3 is 2.48 bits per heavy atom. The van der Waals surface area contributed by atoms with Gasteiger partial charge in [-0.1, -0.05) is 27.5 Å². The first-order valence-corrected chi connectivity index (χ1v) is 9.89. The van der Waals surface area contributed by atoms with E-state index < -0.39 is 18.0 Å². The lowest BCUT2D eigenvalue weighted by Gasteiger charge is -2.14. The predicted molar refractivity (Wildman–Crippen MR) is 113 cm³/mol. The van der Waals surface area contributed by atoms with Gasteiger partial charge in [0.15, 0.2) is 17.6 Å². The van der Waals surface area contributed by atoms with Gasteiger partial charge in [0.1, 0.15) is 0 Å². The SMILES string of the molecule is Cc1cc(C)n(-c2ccc(Cl)c(C(=O)OC(C)C(=O)Nc3ccc(Br)cc3)n2)n1. The molecule has 29 heavy (non-hydrogen) atoms. The van der Waals surface area contributed by atoms with E-state index in [4.69, 9.17) is 16.3 Å². The molecular weight excluding hydrogens is 460 g/mol. The van der Waals surface area contributed by atoms with Gasteiger partial charge in [0.05, 0.1) is 10.7 Å². The number of aryl methyl sites for hydroxylation is 2. The minimum atomic E-state index is -1.04. The van der Waals surface area contributed by atoms with Crippen LogP contribution in [0, 0.1) is 13.8 Å². The highest BCUT2D eigenvalue weighted by molar-refractivity contribution is 9.10. The molecular formula is C20H18BrClN4O3. The van der Waals surface area contributed by atoms with E-state index in [2.05, 4.69) is 31.3 Å². The Bertz CT molecular complexity index is 1070. The van der Waals surface area contributed by atoms with Crippen molar-refractivity contribution in [1.29, 1.82) is 0 Å². The number of amides is 1. The Kier molecular flexibility index (Phi) is 6.34. The Morgan fingerprint density at radius 2 is 1.86 bits per heavy atom. The van der Waals surface area contributed by atoms with Crippen LogP contribution in [-0.4, -0.2) is 32.7 Å². The van der Waals surface area contributed by atoms with Crippen LogP contribution in [0.2, 0.25) is 5.02 Å². The van der Waals surface area contributed by atoms with Crippen LogP contribution in [0.4, 0.5) is 5.69 Å². The fourth-order valence-electron chi connectivity index (χ4n) is 2.60. The Hall–Kier alpha value is -2.71. The zero-order valence-electron chi connectivity index (χ0n) is 15.9. The number of hydrogen-bond donors (Lipinski definition) is 1. The average Bonchev–Trinajstić information content (AvgIpc) is 3.02. The van der Waals surface area contributed by atoms with Gasteiger partial charge < -0.3 is 10.1 Å². The second kappa shape index (κ2) is 8.75. The Morgan fingerprint density at radius 1 is 1.17 bits per heavy atom. The van der Waals surface area contributed by atoms with Gasteiger partial charge in [0.2, 0.25) is 0 Å². The van der Waals surface area contributed by atoms with Crippen molar-refractivity contribution in [2.24, 2.45) is 0 Å². The monoisotopic (exact) mass is 476 g/mol. The van der Waals surface area contributed by atoms with Crippen molar-refractivity contribution in [3.8, 4) is 5.82 Å². The first-order chi connectivity index (χ1) is 13.7. The number of carbonyl (C=O) groups excluding carboxylic acids is 2. The highest BCUT2D eigenvalue weighted by Crippen LogP contribution is 2.20. The molecule has 1 unspecified atom stereocenters. The number of anilines is 1. The lowest BCUT2D eigenvalue weighted by molar-refractivity contribution is -0.123. The number of nitrogens with one attached hydrogen (secondary N) is 1. The summed E-state index contributed by atoms with van der Waals surface area (Å²) in [5.41, 5.74) is 2.18. The number of nitrogens with zero attached hydrogens (tertiary/aromatic N) is 3. The number of benzene rings is 1. The number of carbonyl (C=O) groups is 2. The van der Waals surface area contributed by atoms with Crippen molar-refractivity contribution in [3.63, 3.8) is 0 Å². The van der Waals surface area contributed by atoms with Crippen molar-refractivity contribution in [3.05, 3.63) is 69.0 Å². The van der Waals surface area contributed by atoms with E-state index >= 15 is 0 Å². The number of halogens is 2. The van der Waals surface area contributed by atoms with Crippen LogP contribution in [0.5, 0.6) is 0 Å². The molecule has 0 fully saturated rings. The summed E-state index contributed by atoms with van der Waals surface area (Å²) in [5.74, 6) is -0.831. The maximum absolute atomic E-state index is 12.6. The Balaban J connectivity index is 1.74. The number of rotatable bonds is 5. The van der Waals surface area contributed by atoms with Crippen LogP contribution in [0.25, 0.3) is 5.82 Å². The fraction of sp³-hybridized carbons (Fsp3) is 0.200. The van der Waals surface area contributed by atoms with Crippen molar-refractivity contribution in [1.82, 2.24) is 14.8 Å². The smallest absolute Gasteiger partial charge is 0.359 e. The van der Waals surface area contributed by atoms with Gasteiger partial charge >= 0.3 is 5.97 Å². The normalized spacial score (nSPS) is 11.8. The zero-order valence-corrected chi connectivity index (χ0v) is 18.3. The molecule has 7 nitrogen and oxygen atoms in total. The van der Waals surface area contributed by atoms with E-state index in [9.17, 15) is 9.59 Å². The van der Waals surface area contributed by atoms with Gasteiger partial charge in [0, 0.05) is 15.9 Å². The van der Waals surface area contributed by atoms with Crippen LogP contribution >= 0.6 is 27.5 Å². The van der Waals surface area contributed by atoms with Gasteiger partial charge in [-0.2, -0.15) is 5.10 Å². The molecule has 1 N–H and O–H groups in total. The number of esters is 1. The molecule has 1 atom stereocenters. The van der Waals surface area contributed by atoms with Crippen LogP contribution in [0.3, 0.4) is 0 Å². The van der Waals surface area contributed by atoms with Crippen LogP contribution in [0.15, 0.2) is 46.9 Å². The highest BCUT2D eigenvalue weighted by Gasteiger charge is 2.23. The molecule has 0 bridgehead atoms. The summed E-state index contributed by atoms with van der Waals surface area (Å²) in [5, 5.41) is 7.15. The molecule has 150 valence electrons. The summed E-state index contributed by atoms with van der Waals surface area (Å²) in [6, 6.07) is 12.1. The summed E-state index contributed by atoms with van der Waals surface area (Å²) in [4.78, 5) is 29.2. The molecule has 0 aliphatic heterocycles. The second-order valence-electron chi connectivity index (χ2n) is 6.38. The van der Waals surface area contributed by atoms with E-state index in [0.717, 1.165) is 15.9 Å². The van der Waals surface area contributed by atoms with E-state index in [1.54, 1.807) is 41.1 Å².